The molecular formula is C16H17N3O3. The lowest BCUT2D eigenvalue weighted by Gasteiger charge is -2.22. The second kappa shape index (κ2) is 6.51. The molecule has 0 saturated heterocycles. The van der Waals surface area contributed by atoms with Crippen LogP contribution in [0.2, 0.25) is 0 Å². The number of aliphatic imine (C=N–C) groups is 1. The topological polar surface area (TPSA) is 88.3 Å². The van der Waals surface area contributed by atoms with Crippen molar-refractivity contribution in [1.29, 1.82) is 0 Å². The first kappa shape index (κ1) is 14.4. The van der Waals surface area contributed by atoms with Crippen molar-refractivity contribution in [3.63, 3.8) is 0 Å². The Hall–Kier alpha value is -2.50. The van der Waals surface area contributed by atoms with Crippen LogP contribution in [0.5, 0.6) is 0 Å². The van der Waals surface area contributed by atoms with E-state index in [1.54, 1.807) is 24.9 Å². The second-order valence-corrected chi connectivity index (χ2v) is 5.41. The highest BCUT2D eigenvalue weighted by atomic mass is 16.3. The van der Waals surface area contributed by atoms with Crippen molar-refractivity contribution in [2.75, 3.05) is 6.54 Å². The second-order valence-electron chi connectivity index (χ2n) is 5.41. The van der Waals surface area contributed by atoms with E-state index in [1.807, 2.05) is 6.07 Å². The predicted molar refractivity (Wildman–Crippen MR) is 79.8 cm³/mol. The molecule has 1 saturated carbocycles. The lowest BCUT2D eigenvalue weighted by molar-refractivity contribution is -0.133. The van der Waals surface area contributed by atoms with Crippen LogP contribution >= 0.6 is 0 Å². The number of Topliss-reactive ketones (excluding diaryl/α,β-unsaturated/α-hetero) is 2. The van der Waals surface area contributed by atoms with Crippen LogP contribution in [0.1, 0.15) is 30.2 Å². The number of hydrogen-bond donors (Lipinski definition) is 1. The van der Waals surface area contributed by atoms with Gasteiger partial charge in [-0.05, 0) is 12.1 Å². The average molecular weight is 299 g/mol. The third-order valence-corrected chi connectivity index (χ3v) is 3.85. The van der Waals surface area contributed by atoms with Crippen LogP contribution in [-0.2, 0) is 16.0 Å². The molecule has 22 heavy (non-hydrogen) atoms. The number of imidazole rings is 1. The van der Waals surface area contributed by atoms with E-state index in [2.05, 4.69) is 15.0 Å². The van der Waals surface area contributed by atoms with E-state index >= 15 is 0 Å². The lowest BCUT2D eigenvalue weighted by Crippen LogP contribution is -2.33. The fourth-order valence-corrected chi connectivity index (χ4v) is 2.67. The molecule has 2 aromatic rings. The summed E-state index contributed by atoms with van der Waals surface area (Å²) in [6.45, 7) is 0.529. The molecule has 0 atom stereocenters. The summed E-state index contributed by atoms with van der Waals surface area (Å²) in [6, 6.07) is 3.58. The molecule has 1 aliphatic rings. The molecule has 0 bridgehead atoms. The van der Waals surface area contributed by atoms with Crippen LogP contribution in [0.25, 0.3) is 0 Å². The van der Waals surface area contributed by atoms with E-state index in [0.29, 0.717) is 31.6 Å². The summed E-state index contributed by atoms with van der Waals surface area (Å²) in [7, 11) is 0. The van der Waals surface area contributed by atoms with Gasteiger partial charge < -0.3 is 9.40 Å². The van der Waals surface area contributed by atoms with Gasteiger partial charge in [0.05, 0.1) is 12.6 Å². The smallest absolute Gasteiger partial charge is 0.149 e. The Morgan fingerprint density at radius 3 is 2.82 bits per heavy atom. The summed E-state index contributed by atoms with van der Waals surface area (Å²) in [5, 5.41) is 0. The number of nitrogens with zero attached hydrogens (tertiary/aromatic N) is 2. The molecule has 0 radical (unpaired) electrons. The molecule has 1 fully saturated rings. The molecule has 2 heterocycles. The maximum absolute atomic E-state index is 12.2. The SMILES string of the molecule is O=C1CC(c2ccco2)CC(=O)C1C=NCCc1cnc[nH]1. The van der Waals surface area contributed by atoms with Crippen LogP contribution < -0.4 is 0 Å². The molecule has 0 aliphatic heterocycles. The number of rotatable bonds is 5. The lowest BCUT2D eigenvalue weighted by atomic mass is 9.79. The highest BCUT2D eigenvalue weighted by Crippen LogP contribution is 2.31. The van der Waals surface area contributed by atoms with Gasteiger partial charge in [-0.15, -0.1) is 0 Å². The summed E-state index contributed by atoms with van der Waals surface area (Å²) >= 11 is 0. The van der Waals surface area contributed by atoms with Gasteiger partial charge in [0, 0.05) is 49.8 Å². The third kappa shape index (κ3) is 3.21. The summed E-state index contributed by atoms with van der Waals surface area (Å²) in [4.78, 5) is 35.5. The third-order valence-electron chi connectivity index (χ3n) is 3.85. The zero-order chi connectivity index (χ0) is 15.4. The number of furan rings is 1. The standard InChI is InChI=1S/C16H17N3O3/c20-14-6-11(16-2-1-5-22-16)7-15(21)13(14)9-17-4-3-12-8-18-10-19-12/h1-2,5,8-11,13H,3-4,6-7H2,(H,18,19). The monoisotopic (exact) mass is 299 g/mol. The Balaban J connectivity index is 1.56. The van der Waals surface area contributed by atoms with E-state index in [-0.39, 0.29) is 17.5 Å². The van der Waals surface area contributed by atoms with Crippen LogP contribution in [0.4, 0.5) is 0 Å². The van der Waals surface area contributed by atoms with Crippen molar-refractivity contribution in [2.45, 2.75) is 25.2 Å². The normalized spacial score (nSPS) is 22.5. The van der Waals surface area contributed by atoms with E-state index in [9.17, 15) is 9.59 Å². The van der Waals surface area contributed by atoms with Gasteiger partial charge in [-0.3, -0.25) is 14.6 Å². The van der Waals surface area contributed by atoms with Gasteiger partial charge in [-0.2, -0.15) is 0 Å². The summed E-state index contributed by atoms with van der Waals surface area (Å²) in [6.07, 6.45) is 7.78. The van der Waals surface area contributed by atoms with Gasteiger partial charge in [0.15, 0.2) is 0 Å². The number of aromatic amines is 1. The molecule has 6 nitrogen and oxygen atoms in total. The Morgan fingerprint density at radius 1 is 1.36 bits per heavy atom. The van der Waals surface area contributed by atoms with Crippen LogP contribution in [0.15, 0.2) is 40.3 Å². The summed E-state index contributed by atoms with van der Waals surface area (Å²) in [5.74, 6) is -0.292. The van der Waals surface area contributed by atoms with Gasteiger partial charge in [-0.1, -0.05) is 0 Å². The van der Waals surface area contributed by atoms with Crippen molar-refractivity contribution < 1.29 is 14.0 Å². The fourth-order valence-electron chi connectivity index (χ4n) is 2.67. The molecule has 114 valence electrons. The van der Waals surface area contributed by atoms with Crippen LogP contribution in [-0.4, -0.2) is 34.3 Å². The molecule has 3 rings (SSSR count). The number of nitrogens with one attached hydrogen (secondary N) is 1. The zero-order valence-electron chi connectivity index (χ0n) is 12.1. The molecule has 6 heteroatoms. The molecule has 0 unspecified atom stereocenters. The van der Waals surface area contributed by atoms with Gasteiger partial charge in [0.25, 0.3) is 0 Å². The number of carbonyl (C=O) groups excluding carboxylic acids is 2. The Kier molecular flexibility index (Phi) is 4.27. The number of aromatic nitrogens is 2. The Labute approximate surface area is 127 Å². The van der Waals surface area contributed by atoms with E-state index in [1.165, 1.54) is 6.21 Å². The Morgan fingerprint density at radius 2 is 2.18 bits per heavy atom. The van der Waals surface area contributed by atoms with E-state index in [4.69, 9.17) is 4.42 Å². The highest BCUT2D eigenvalue weighted by molar-refractivity contribution is 6.16. The number of carbonyl (C=O) groups is 2. The minimum Gasteiger partial charge on any atom is -0.469 e. The summed E-state index contributed by atoms with van der Waals surface area (Å²) < 4.78 is 5.30. The zero-order valence-corrected chi connectivity index (χ0v) is 12.1. The van der Waals surface area contributed by atoms with E-state index in [0.717, 1.165) is 5.69 Å². The van der Waals surface area contributed by atoms with E-state index < -0.39 is 5.92 Å². The Bertz CT molecular complexity index is 641. The van der Waals surface area contributed by atoms with Gasteiger partial charge >= 0.3 is 0 Å². The molecule has 2 aromatic heterocycles. The van der Waals surface area contributed by atoms with Crippen LogP contribution in [0, 0.1) is 5.92 Å². The van der Waals surface area contributed by atoms with Crippen molar-refractivity contribution in [1.82, 2.24) is 9.97 Å². The predicted octanol–water partition coefficient (Wildman–Crippen LogP) is 1.95. The molecule has 0 spiro atoms. The maximum Gasteiger partial charge on any atom is 0.149 e. The maximum atomic E-state index is 12.2. The first-order valence-corrected chi connectivity index (χ1v) is 7.30. The quantitative estimate of drug-likeness (QED) is 0.675. The van der Waals surface area contributed by atoms with Gasteiger partial charge in [0.1, 0.15) is 23.2 Å². The first-order valence-electron chi connectivity index (χ1n) is 7.30. The molecule has 1 aliphatic carbocycles. The number of H-pyrrole nitrogens is 1. The molecule has 0 amide bonds. The van der Waals surface area contributed by atoms with Crippen LogP contribution in [0.3, 0.4) is 0 Å². The van der Waals surface area contributed by atoms with Crippen molar-refractivity contribution >= 4 is 17.8 Å². The van der Waals surface area contributed by atoms with Crippen molar-refractivity contribution in [3.8, 4) is 0 Å². The largest absolute Gasteiger partial charge is 0.469 e. The first-order chi connectivity index (χ1) is 10.7. The molecular weight excluding hydrogens is 282 g/mol. The fraction of sp³-hybridized carbons (Fsp3) is 0.375. The van der Waals surface area contributed by atoms with Crippen molar-refractivity contribution in [3.05, 3.63) is 42.4 Å². The van der Waals surface area contributed by atoms with Crippen molar-refractivity contribution in [2.24, 2.45) is 10.9 Å². The minimum absolute atomic E-state index is 0.0806. The van der Waals surface area contributed by atoms with Gasteiger partial charge in [0.2, 0.25) is 0 Å². The highest BCUT2D eigenvalue weighted by Gasteiger charge is 2.35. The molecule has 1 N–H and O–H groups in total. The number of hydrogen-bond acceptors (Lipinski definition) is 5. The van der Waals surface area contributed by atoms with Gasteiger partial charge in [-0.25, -0.2) is 4.98 Å². The minimum atomic E-state index is -0.701. The average Bonchev–Trinajstić information content (AvgIpc) is 3.19. The summed E-state index contributed by atoms with van der Waals surface area (Å²) in [5.41, 5.74) is 0.983. The molecule has 0 aromatic carbocycles. The number of ketones is 2.